The van der Waals surface area contributed by atoms with Crippen molar-refractivity contribution in [2.45, 2.75) is 70.8 Å². The summed E-state index contributed by atoms with van der Waals surface area (Å²) >= 11 is 0. The summed E-state index contributed by atoms with van der Waals surface area (Å²) in [5, 5.41) is 8.53. The number of rotatable bonds is 12. The number of epoxide rings is 1. The molecule has 0 unspecified atom stereocenters. The van der Waals surface area contributed by atoms with Crippen LogP contribution in [0.1, 0.15) is 64.7 Å². The Bertz CT molecular complexity index is 380. The molecule has 1 atom stereocenters. The molecule has 0 aromatic rings. The molecule has 0 aromatic carbocycles. The maximum Gasteiger partial charge on any atom is 0.303 e. The SMILES string of the molecule is CC/C=C\C/C=C\C=C1\O[C@H]1CCCCCCCC(=O)O. The van der Waals surface area contributed by atoms with Gasteiger partial charge in [0.1, 0.15) is 5.76 Å². The summed E-state index contributed by atoms with van der Waals surface area (Å²) in [7, 11) is 0. The molecule has 0 aliphatic carbocycles. The van der Waals surface area contributed by atoms with E-state index in [1.54, 1.807) is 0 Å². The summed E-state index contributed by atoms with van der Waals surface area (Å²) in [4.78, 5) is 10.3. The Morgan fingerprint density at radius 3 is 2.67 bits per heavy atom. The topological polar surface area (TPSA) is 49.8 Å². The number of carboxylic acids is 1. The summed E-state index contributed by atoms with van der Waals surface area (Å²) in [6, 6.07) is 0. The van der Waals surface area contributed by atoms with Gasteiger partial charge in [0.2, 0.25) is 0 Å². The molecule has 0 spiro atoms. The van der Waals surface area contributed by atoms with Crippen molar-refractivity contribution in [2.24, 2.45) is 0 Å². The Hall–Kier alpha value is -1.51. The highest BCUT2D eigenvalue weighted by Crippen LogP contribution is 2.31. The fourth-order valence-electron chi connectivity index (χ4n) is 2.20. The maximum absolute atomic E-state index is 10.3. The van der Waals surface area contributed by atoms with Crippen LogP contribution in [0, 0.1) is 0 Å². The third-order valence-corrected chi connectivity index (χ3v) is 3.47. The number of unbranched alkanes of at least 4 members (excludes halogenated alkanes) is 4. The molecule has 1 aliphatic rings. The first-order valence-electron chi connectivity index (χ1n) is 8.14. The van der Waals surface area contributed by atoms with Gasteiger partial charge in [0.15, 0.2) is 6.10 Å². The first kappa shape index (κ1) is 17.5. The molecule has 3 nitrogen and oxygen atoms in total. The van der Waals surface area contributed by atoms with Crippen molar-refractivity contribution in [2.75, 3.05) is 0 Å². The molecule has 0 aromatic heterocycles. The van der Waals surface area contributed by atoms with Gasteiger partial charge in [0.25, 0.3) is 0 Å². The predicted octanol–water partition coefficient (Wildman–Crippen LogP) is 5.00. The molecule has 0 saturated carbocycles. The second kappa shape index (κ2) is 11.2. The molecule has 1 N–H and O–H groups in total. The van der Waals surface area contributed by atoms with Gasteiger partial charge in [-0.15, -0.1) is 0 Å². The van der Waals surface area contributed by atoms with Crippen LogP contribution in [0.5, 0.6) is 0 Å². The highest BCUT2D eigenvalue weighted by Gasteiger charge is 2.30. The Morgan fingerprint density at radius 1 is 1.14 bits per heavy atom. The van der Waals surface area contributed by atoms with E-state index in [2.05, 4.69) is 37.3 Å². The Morgan fingerprint density at radius 2 is 1.90 bits per heavy atom. The second-order valence-electron chi connectivity index (χ2n) is 5.42. The van der Waals surface area contributed by atoms with Crippen LogP contribution in [-0.4, -0.2) is 17.2 Å². The largest absolute Gasteiger partial charge is 0.483 e. The minimum Gasteiger partial charge on any atom is -0.483 e. The lowest BCUT2D eigenvalue weighted by molar-refractivity contribution is -0.137. The Kier molecular flexibility index (Phi) is 9.34. The minimum atomic E-state index is -0.686. The molecule has 1 saturated heterocycles. The van der Waals surface area contributed by atoms with Crippen LogP contribution in [-0.2, 0) is 9.53 Å². The van der Waals surface area contributed by atoms with Gasteiger partial charge in [0.05, 0.1) is 0 Å². The van der Waals surface area contributed by atoms with Crippen molar-refractivity contribution in [3.8, 4) is 0 Å². The van der Waals surface area contributed by atoms with E-state index in [0.29, 0.717) is 12.5 Å². The lowest BCUT2D eigenvalue weighted by Crippen LogP contribution is -1.93. The average Bonchev–Trinajstić information content (AvgIpc) is 3.20. The van der Waals surface area contributed by atoms with Crippen molar-refractivity contribution in [3.63, 3.8) is 0 Å². The summed E-state index contributed by atoms with van der Waals surface area (Å²) in [6.07, 6.45) is 19.7. The third kappa shape index (κ3) is 9.94. The van der Waals surface area contributed by atoms with E-state index in [4.69, 9.17) is 9.84 Å². The molecule has 21 heavy (non-hydrogen) atoms. The lowest BCUT2D eigenvalue weighted by atomic mass is 10.1. The zero-order valence-corrected chi connectivity index (χ0v) is 13.1. The molecule has 0 radical (unpaired) electrons. The van der Waals surface area contributed by atoms with Gasteiger partial charge in [-0.3, -0.25) is 4.79 Å². The van der Waals surface area contributed by atoms with Gasteiger partial charge in [-0.2, -0.15) is 0 Å². The van der Waals surface area contributed by atoms with E-state index >= 15 is 0 Å². The van der Waals surface area contributed by atoms with E-state index in [9.17, 15) is 4.79 Å². The molecule has 118 valence electrons. The van der Waals surface area contributed by atoms with Gasteiger partial charge in [0, 0.05) is 6.42 Å². The van der Waals surface area contributed by atoms with Crippen LogP contribution in [0.3, 0.4) is 0 Å². The molecule has 0 amide bonds. The van der Waals surface area contributed by atoms with E-state index in [-0.39, 0.29) is 0 Å². The minimum absolute atomic E-state index is 0.304. The standard InChI is InChI=1S/C18H28O3/c1-2-3-4-5-7-10-13-16-17(21-16)14-11-8-6-9-12-15-18(19)20/h3-4,7,10,13,17H,2,5-6,8-9,11-12,14-15H2,1H3,(H,19,20)/b4-3-,10-7-,16-13+/t17-/m0/s1. The fourth-order valence-corrected chi connectivity index (χ4v) is 2.20. The van der Waals surface area contributed by atoms with Crippen molar-refractivity contribution in [1.29, 1.82) is 0 Å². The maximum atomic E-state index is 10.3. The van der Waals surface area contributed by atoms with Gasteiger partial charge in [-0.1, -0.05) is 50.5 Å². The van der Waals surface area contributed by atoms with E-state index in [0.717, 1.165) is 50.7 Å². The quantitative estimate of drug-likeness (QED) is 0.313. The summed E-state index contributed by atoms with van der Waals surface area (Å²) in [5.41, 5.74) is 0. The molecule has 1 rings (SSSR count). The van der Waals surface area contributed by atoms with E-state index in [1.165, 1.54) is 6.42 Å². The molecule has 1 fully saturated rings. The number of allylic oxidation sites excluding steroid dienone is 5. The number of ether oxygens (including phenoxy) is 1. The Balaban J connectivity index is 1.94. The van der Waals surface area contributed by atoms with Gasteiger partial charge >= 0.3 is 5.97 Å². The molecule has 3 heteroatoms. The zero-order chi connectivity index (χ0) is 15.3. The van der Waals surface area contributed by atoms with Gasteiger partial charge in [-0.05, 0) is 38.2 Å². The Labute approximate surface area is 128 Å². The van der Waals surface area contributed by atoms with Crippen LogP contribution >= 0.6 is 0 Å². The lowest BCUT2D eigenvalue weighted by Gasteiger charge is -1.98. The first-order chi connectivity index (χ1) is 10.2. The monoisotopic (exact) mass is 292 g/mol. The van der Waals surface area contributed by atoms with E-state index in [1.807, 2.05) is 0 Å². The van der Waals surface area contributed by atoms with Crippen molar-refractivity contribution < 1.29 is 14.6 Å². The molecule has 1 heterocycles. The molecular weight excluding hydrogens is 264 g/mol. The summed E-state index contributed by atoms with van der Waals surface area (Å²) in [5.74, 6) is 0.422. The number of carboxylic acid groups (broad SMARTS) is 1. The fraction of sp³-hybridized carbons (Fsp3) is 0.611. The van der Waals surface area contributed by atoms with Crippen molar-refractivity contribution in [3.05, 3.63) is 36.1 Å². The molecule has 0 bridgehead atoms. The van der Waals surface area contributed by atoms with Crippen LogP contribution in [0.15, 0.2) is 36.1 Å². The van der Waals surface area contributed by atoms with Crippen LogP contribution < -0.4 is 0 Å². The third-order valence-electron chi connectivity index (χ3n) is 3.47. The zero-order valence-electron chi connectivity index (χ0n) is 13.1. The predicted molar refractivity (Wildman–Crippen MR) is 86.1 cm³/mol. The highest BCUT2D eigenvalue weighted by molar-refractivity contribution is 5.66. The van der Waals surface area contributed by atoms with Gasteiger partial charge < -0.3 is 9.84 Å². The van der Waals surface area contributed by atoms with E-state index < -0.39 is 5.97 Å². The highest BCUT2D eigenvalue weighted by atomic mass is 16.6. The molecular formula is C18H28O3. The summed E-state index contributed by atoms with van der Waals surface area (Å²) < 4.78 is 5.52. The number of aliphatic carboxylic acids is 1. The van der Waals surface area contributed by atoms with Crippen LogP contribution in [0.4, 0.5) is 0 Å². The average molecular weight is 292 g/mol. The molecule has 1 aliphatic heterocycles. The normalized spacial score (nSPS) is 19.5. The smallest absolute Gasteiger partial charge is 0.303 e. The number of hydrogen-bond donors (Lipinski definition) is 1. The van der Waals surface area contributed by atoms with Gasteiger partial charge in [-0.25, -0.2) is 0 Å². The number of carbonyl (C=O) groups is 1. The van der Waals surface area contributed by atoms with Crippen LogP contribution in [0.25, 0.3) is 0 Å². The number of hydrogen-bond acceptors (Lipinski definition) is 2. The van der Waals surface area contributed by atoms with Crippen molar-refractivity contribution in [1.82, 2.24) is 0 Å². The second-order valence-corrected chi connectivity index (χ2v) is 5.42. The van der Waals surface area contributed by atoms with Crippen molar-refractivity contribution >= 4 is 5.97 Å². The summed E-state index contributed by atoms with van der Waals surface area (Å²) in [6.45, 7) is 2.14. The first-order valence-corrected chi connectivity index (χ1v) is 8.14. The van der Waals surface area contributed by atoms with Crippen LogP contribution in [0.2, 0.25) is 0 Å².